The number of carbonyl (C=O) groups excluding carboxylic acids is 2. The molecule has 0 spiro atoms. The molecule has 1 heterocycles. The van der Waals surface area contributed by atoms with Gasteiger partial charge in [-0.1, -0.05) is 36.4 Å². The summed E-state index contributed by atoms with van der Waals surface area (Å²) in [6.45, 7) is 4.21. The van der Waals surface area contributed by atoms with E-state index in [-0.39, 0.29) is 16.8 Å². The molecule has 8 heteroatoms. The van der Waals surface area contributed by atoms with Crippen molar-refractivity contribution in [3.63, 3.8) is 0 Å². The van der Waals surface area contributed by atoms with Crippen LogP contribution in [0.4, 0.5) is 11.4 Å². The van der Waals surface area contributed by atoms with Gasteiger partial charge in [0.25, 0.3) is 17.4 Å². The Morgan fingerprint density at radius 3 is 2.41 bits per heavy atom. The molecule has 1 fully saturated rings. The summed E-state index contributed by atoms with van der Waals surface area (Å²) in [5, 5.41) is 22.4. The predicted molar refractivity (Wildman–Crippen MR) is 127 cm³/mol. The number of amides is 1. The molecule has 4 rings (SSSR count). The van der Waals surface area contributed by atoms with Gasteiger partial charge in [-0.25, -0.2) is 0 Å². The van der Waals surface area contributed by atoms with Crippen LogP contribution in [0.5, 0.6) is 5.75 Å². The highest BCUT2D eigenvalue weighted by Gasteiger charge is 2.47. The lowest BCUT2D eigenvalue weighted by atomic mass is 9.95. The quantitative estimate of drug-likeness (QED) is 0.184. The first kappa shape index (κ1) is 22.7. The third-order valence-corrected chi connectivity index (χ3v) is 5.56. The number of nitro benzene ring substituents is 1. The maximum Gasteiger partial charge on any atom is 0.300 e. The van der Waals surface area contributed by atoms with Gasteiger partial charge in [-0.3, -0.25) is 24.6 Å². The molecule has 3 aromatic rings. The topological polar surface area (TPSA) is 110 Å². The van der Waals surface area contributed by atoms with E-state index in [2.05, 4.69) is 0 Å². The lowest BCUT2D eigenvalue weighted by Crippen LogP contribution is -2.29. The van der Waals surface area contributed by atoms with E-state index in [1.54, 1.807) is 42.5 Å². The smallest absolute Gasteiger partial charge is 0.300 e. The number of hydrogen-bond acceptors (Lipinski definition) is 6. The lowest BCUT2D eigenvalue weighted by molar-refractivity contribution is -0.384. The van der Waals surface area contributed by atoms with E-state index in [4.69, 9.17) is 4.74 Å². The standard InChI is InChI=1S/C26H22N2O6/c1-3-34-21-12-10-17(11-13-21)23-22(24(29)18-7-5-9-20(15-18)28(32)33)25(30)26(31)27(23)19-8-4-6-16(2)14-19/h4-15,23,29H,3H2,1-2H3/b24-22-. The van der Waals surface area contributed by atoms with Crippen molar-refractivity contribution in [2.24, 2.45) is 0 Å². The summed E-state index contributed by atoms with van der Waals surface area (Å²) in [5.41, 5.74) is 1.66. The minimum Gasteiger partial charge on any atom is -0.507 e. The van der Waals surface area contributed by atoms with Crippen LogP contribution in [0.3, 0.4) is 0 Å². The highest BCUT2D eigenvalue weighted by molar-refractivity contribution is 6.51. The van der Waals surface area contributed by atoms with Crippen LogP contribution in [0.25, 0.3) is 5.76 Å². The Kier molecular flexibility index (Phi) is 6.14. The molecule has 34 heavy (non-hydrogen) atoms. The van der Waals surface area contributed by atoms with Crippen LogP contribution in [0.15, 0.2) is 78.4 Å². The summed E-state index contributed by atoms with van der Waals surface area (Å²) in [4.78, 5) is 38.4. The molecule has 0 bridgehead atoms. The molecule has 1 saturated heterocycles. The molecule has 0 saturated carbocycles. The summed E-state index contributed by atoms with van der Waals surface area (Å²) < 4.78 is 5.50. The Bertz CT molecular complexity index is 1310. The average molecular weight is 458 g/mol. The van der Waals surface area contributed by atoms with Crippen LogP contribution >= 0.6 is 0 Å². The number of carbonyl (C=O) groups is 2. The van der Waals surface area contributed by atoms with Crippen molar-refractivity contribution in [2.75, 3.05) is 11.5 Å². The number of nitro groups is 1. The fourth-order valence-electron chi connectivity index (χ4n) is 4.03. The van der Waals surface area contributed by atoms with E-state index in [9.17, 15) is 24.8 Å². The van der Waals surface area contributed by atoms with Crippen molar-refractivity contribution in [3.8, 4) is 5.75 Å². The van der Waals surface area contributed by atoms with Gasteiger partial charge < -0.3 is 9.84 Å². The Balaban J connectivity index is 1.92. The maximum absolute atomic E-state index is 13.2. The summed E-state index contributed by atoms with van der Waals surface area (Å²) in [5.74, 6) is -1.52. The first-order valence-electron chi connectivity index (χ1n) is 10.7. The van der Waals surface area contributed by atoms with Gasteiger partial charge in [0, 0.05) is 23.4 Å². The van der Waals surface area contributed by atoms with E-state index in [1.165, 1.54) is 29.2 Å². The third-order valence-electron chi connectivity index (χ3n) is 5.56. The molecule has 1 unspecified atom stereocenters. The second-order valence-corrected chi connectivity index (χ2v) is 7.82. The van der Waals surface area contributed by atoms with Crippen molar-refractivity contribution in [2.45, 2.75) is 19.9 Å². The largest absolute Gasteiger partial charge is 0.507 e. The molecule has 3 aromatic carbocycles. The molecule has 1 aliphatic rings. The minimum atomic E-state index is -0.934. The molecular formula is C26H22N2O6. The third kappa shape index (κ3) is 4.13. The number of Topliss-reactive ketones (excluding diaryl/α,β-unsaturated/α-hetero) is 1. The number of nitrogens with zero attached hydrogens (tertiary/aromatic N) is 2. The van der Waals surface area contributed by atoms with Crippen LogP contribution in [-0.4, -0.2) is 28.3 Å². The maximum atomic E-state index is 13.2. The number of aliphatic hydroxyl groups is 1. The molecule has 0 aromatic heterocycles. The SMILES string of the molecule is CCOc1ccc(C2/C(=C(/O)c3cccc([N+](=O)[O-])c3)C(=O)C(=O)N2c2cccc(C)c2)cc1. The molecule has 0 aliphatic carbocycles. The fraction of sp³-hybridized carbons (Fsp3) is 0.154. The van der Waals surface area contributed by atoms with Crippen LogP contribution < -0.4 is 9.64 Å². The molecule has 1 N–H and O–H groups in total. The summed E-state index contributed by atoms with van der Waals surface area (Å²) in [6, 6.07) is 18.4. The Hall–Kier alpha value is -4.46. The number of ether oxygens (including phenoxy) is 1. The molecule has 0 radical (unpaired) electrons. The van der Waals surface area contributed by atoms with Gasteiger partial charge >= 0.3 is 0 Å². The number of aryl methyl sites for hydroxylation is 1. The van der Waals surface area contributed by atoms with Gasteiger partial charge in [-0.15, -0.1) is 0 Å². The number of non-ortho nitro benzene ring substituents is 1. The zero-order valence-corrected chi connectivity index (χ0v) is 18.6. The normalized spacial score (nSPS) is 17.1. The average Bonchev–Trinajstić information content (AvgIpc) is 3.10. The van der Waals surface area contributed by atoms with Crippen molar-refractivity contribution >= 4 is 28.8 Å². The number of anilines is 1. The fourth-order valence-corrected chi connectivity index (χ4v) is 4.03. The van der Waals surface area contributed by atoms with Gasteiger partial charge in [-0.2, -0.15) is 0 Å². The Morgan fingerprint density at radius 2 is 1.76 bits per heavy atom. The lowest BCUT2D eigenvalue weighted by Gasteiger charge is -2.26. The first-order chi connectivity index (χ1) is 16.3. The van der Waals surface area contributed by atoms with Crippen LogP contribution in [0, 0.1) is 17.0 Å². The zero-order chi connectivity index (χ0) is 24.4. The van der Waals surface area contributed by atoms with E-state index in [1.807, 2.05) is 19.9 Å². The Morgan fingerprint density at radius 1 is 1.06 bits per heavy atom. The van der Waals surface area contributed by atoms with Gasteiger partial charge in [0.05, 0.1) is 23.1 Å². The van der Waals surface area contributed by atoms with Crippen LogP contribution in [0.1, 0.15) is 29.7 Å². The number of ketones is 1. The first-order valence-corrected chi connectivity index (χ1v) is 10.7. The van der Waals surface area contributed by atoms with Crippen molar-refractivity contribution in [3.05, 3.63) is 105 Å². The monoisotopic (exact) mass is 458 g/mol. The molecular weight excluding hydrogens is 436 g/mol. The van der Waals surface area contributed by atoms with E-state index < -0.39 is 28.4 Å². The molecule has 1 amide bonds. The molecule has 172 valence electrons. The second-order valence-electron chi connectivity index (χ2n) is 7.82. The van der Waals surface area contributed by atoms with Crippen molar-refractivity contribution in [1.82, 2.24) is 0 Å². The number of rotatable bonds is 6. The predicted octanol–water partition coefficient (Wildman–Crippen LogP) is 4.93. The van der Waals surface area contributed by atoms with Gasteiger partial charge in [0.2, 0.25) is 0 Å². The summed E-state index contributed by atoms with van der Waals surface area (Å²) in [7, 11) is 0. The summed E-state index contributed by atoms with van der Waals surface area (Å²) in [6.07, 6.45) is 0. The minimum absolute atomic E-state index is 0.0763. The summed E-state index contributed by atoms with van der Waals surface area (Å²) >= 11 is 0. The molecule has 1 aliphatic heterocycles. The van der Waals surface area contributed by atoms with Crippen molar-refractivity contribution < 1.29 is 24.4 Å². The van der Waals surface area contributed by atoms with Crippen LogP contribution in [-0.2, 0) is 9.59 Å². The second kappa shape index (κ2) is 9.19. The Labute approximate surface area is 195 Å². The highest BCUT2D eigenvalue weighted by Crippen LogP contribution is 2.42. The van der Waals surface area contributed by atoms with Crippen molar-refractivity contribution in [1.29, 1.82) is 0 Å². The van der Waals surface area contributed by atoms with Gasteiger partial charge in [0.15, 0.2) is 0 Å². The molecule has 1 atom stereocenters. The zero-order valence-electron chi connectivity index (χ0n) is 18.6. The van der Waals surface area contributed by atoms with Gasteiger partial charge in [0.1, 0.15) is 11.5 Å². The number of benzene rings is 3. The van der Waals surface area contributed by atoms with Crippen LogP contribution in [0.2, 0.25) is 0 Å². The number of hydrogen-bond donors (Lipinski definition) is 1. The van der Waals surface area contributed by atoms with E-state index in [0.717, 1.165) is 5.56 Å². The van der Waals surface area contributed by atoms with E-state index >= 15 is 0 Å². The van der Waals surface area contributed by atoms with E-state index in [0.29, 0.717) is 23.6 Å². The molecule has 8 nitrogen and oxygen atoms in total. The number of aliphatic hydroxyl groups excluding tert-OH is 1. The highest BCUT2D eigenvalue weighted by atomic mass is 16.6. The van der Waals surface area contributed by atoms with Gasteiger partial charge in [-0.05, 0) is 49.2 Å².